The molecule has 11 rings (SSSR count). The molecular formula is C55H40N3O3P3. The quantitative estimate of drug-likeness (QED) is 0.139. The van der Waals surface area contributed by atoms with Crippen molar-refractivity contribution in [1.82, 2.24) is 14.5 Å². The van der Waals surface area contributed by atoms with Crippen LogP contribution in [0, 0.1) is 0 Å². The van der Waals surface area contributed by atoms with Crippen LogP contribution in [0.3, 0.4) is 0 Å². The van der Waals surface area contributed by atoms with Crippen molar-refractivity contribution in [1.29, 1.82) is 0 Å². The Morgan fingerprint density at radius 1 is 0.359 bits per heavy atom. The second-order valence-electron chi connectivity index (χ2n) is 15.9. The van der Waals surface area contributed by atoms with Crippen molar-refractivity contribution < 1.29 is 13.7 Å². The van der Waals surface area contributed by atoms with Crippen molar-refractivity contribution in [3.63, 3.8) is 0 Å². The Kier molecular flexibility index (Phi) is 9.90. The largest absolute Gasteiger partial charge is 0.365 e. The number of hydrogen-bond acceptors (Lipinski definition) is 4. The number of nitrogens with one attached hydrogen (secondary N) is 1. The van der Waals surface area contributed by atoms with Crippen molar-refractivity contribution in [3.05, 3.63) is 237 Å². The molecule has 1 unspecified atom stereocenters. The fourth-order valence-corrected chi connectivity index (χ4v) is 16.9. The minimum absolute atomic E-state index is 0.490. The molecule has 6 nitrogen and oxygen atoms in total. The van der Waals surface area contributed by atoms with Gasteiger partial charge in [0.15, 0.2) is 21.4 Å². The second kappa shape index (κ2) is 15.9. The first kappa shape index (κ1) is 39.8. The van der Waals surface area contributed by atoms with Crippen LogP contribution in [0.1, 0.15) is 0 Å². The lowest BCUT2D eigenvalue weighted by atomic mass is 10.1. The van der Waals surface area contributed by atoms with Gasteiger partial charge in [-0.25, -0.2) is 4.98 Å². The van der Waals surface area contributed by atoms with Crippen molar-refractivity contribution in [3.8, 4) is 5.69 Å². The Morgan fingerprint density at radius 2 is 0.734 bits per heavy atom. The summed E-state index contributed by atoms with van der Waals surface area (Å²) in [4.78, 5) is 8.12. The van der Waals surface area contributed by atoms with Gasteiger partial charge in [-0.2, -0.15) is 0 Å². The average Bonchev–Trinajstić information content (AvgIpc) is 3.99. The fraction of sp³-hybridized carbons (Fsp3) is 0. The average molecular weight is 884 g/mol. The third-order valence-electron chi connectivity index (χ3n) is 12.3. The highest BCUT2D eigenvalue weighted by atomic mass is 31.2. The number of aromatic nitrogens is 3. The summed E-state index contributed by atoms with van der Waals surface area (Å²) in [7, 11) is -10.1. The van der Waals surface area contributed by atoms with Crippen molar-refractivity contribution >= 4 is 102 Å². The molecule has 1 N–H and O–H groups in total. The van der Waals surface area contributed by atoms with Gasteiger partial charge in [0.25, 0.3) is 0 Å². The number of rotatable bonds is 10. The Labute approximate surface area is 371 Å². The Morgan fingerprint density at radius 3 is 1.19 bits per heavy atom. The van der Waals surface area contributed by atoms with Gasteiger partial charge in [0.2, 0.25) is 0 Å². The maximum atomic E-state index is 16.1. The molecule has 0 aliphatic heterocycles. The number of fused-ring (bicyclic) bond motifs is 4. The Bertz CT molecular complexity index is 3550. The van der Waals surface area contributed by atoms with Gasteiger partial charge in [0.05, 0.1) is 16.6 Å². The first-order valence-electron chi connectivity index (χ1n) is 21.1. The minimum atomic E-state index is -3.55. The summed E-state index contributed by atoms with van der Waals surface area (Å²) in [5, 5.41) is 8.37. The zero-order chi connectivity index (χ0) is 43.3. The van der Waals surface area contributed by atoms with E-state index < -0.39 is 21.4 Å². The van der Waals surface area contributed by atoms with Crippen LogP contribution in [0.2, 0.25) is 0 Å². The van der Waals surface area contributed by atoms with Crippen LogP contribution in [0.25, 0.3) is 38.4 Å². The molecule has 9 heteroatoms. The van der Waals surface area contributed by atoms with E-state index in [0.717, 1.165) is 64.9 Å². The van der Waals surface area contributed by atoms with Gasteiger partial charge in [0, 0.05) is 76.7 Å². The lowest BCUT2D eigenvalue weighted by Gasteiger charge is -2.21. The van der Waals surface area contributed by atoms with E-state index in [9.17, 15) is 0 Å². The summed E-state index contributed by atoms with van der Waals surface area (Å²) < 4.78 is 49.4. The van der Waals surface area contributed by atoms with E-state index in [0.29, 0.717) is 21.3 Å². The van der Waals surface area contributed by atoms with Crippen LogP contribution in [-0.4, -0.2) is 14.5 Å². The molecule has 0 aliphatic rings. The Hall–Kier alpha value is -7.06. The van der Waals surface area contributed by atoms with Crippen LogP contribution >= 0.6 is 21.4 Å². The van der Waals surface area contributed by atoms with Gasteiger partial charge in [-0.3, -0.25) is 0 Å². The van der Waals surface area contributed by atoms with Crippen molar-refractivity contribution in [2.75, 3.05) is 0 Å². The second-order valence-corrected chi connectivity index (χ2v) is 24.1. The number of pyridine rings is 1. The summed E-state index contributed by atoms with van der Waals surface area (Å²) in [6.07, 6.45) is 3.71. The number of nitrogens with zero attached hydrogens (tertiary/aromatic N) is 2. The van der Waals surface area contributed by atoms with Crippen LogP contribution in [0.15, 0.2) is 237 Å². The van der Waals surface area contributed by atoms with Gasteiger partial charge >= 0.3 is 0 Å². The van der Waals surface area contributed by atoms with Gasteiger partial charge in [0.1, 0.15) is 5.44 Å². The van der Waals surface area contributed by atoms with Gasteiger partial charge < -0.3 is 23.2 Å². The predicted octanol–water partition coefficient (Wildman–Crippen LogP) is 9.58. The van der Waals surface area contributed by atoms with Crippen LogP contribution in [0.5, 0.6) is 0 Å². The molecule has 3 aromatic heterocycles. The summed E-state index contributed by atoms with van der Waals surface area (Å²) >= 11 is 0. The molecule has 11 aromatic rings. The smallest absolute Gasteiger partial charge is 0.188 e. The molecule has 0 saturated carbocycles. The molecule has 0 amide bonds. The summed E-state index contributed by atoms with van der Waals surface area (Å²) in [6, 6.07) is 72.3. The maximum absolute atomic E-state index is 16.1. The maximum Gasteiger partial charge on any atom is 0.188 e. The van der Waals surface area contributed by atoms with Crippen LogP contribution in [-0.2, 0) is 13.7 Å². The zero-order valence-electron chi connectivity index (χ0n) is 34.5. The van der Waals surface area contributed by atoms with Gasteiger partial charge in [-0.1, -0.05) is 152 Å². The number of H-pyrrole nitrogens is 1. The first-order valence-corrected chi connectivity index (χ1v) is 26.2. The van der Waals surface area contributed by atoms with E-state index in [1.165, 1.54) is 0 Å². The van der Waals surface area contributed by atoms with E-state index in [-0.39, 0.29) is 0 Å². The topological polar surface area (TPSA) is 84.8 Å². The lowest BCUT2D eigenvalue weighted by Crippen LogP contribution is -2.27. The van der Waals surface area contributed by atoms with Gasteiger partial charge in [-0.15, -0.1) is 0 Å². The summed E-state index contributed by atoms with van der Waals surface area (Å²) in [5.74, 6) is 0. The molecule has 0 saturated heterocycles. The number of benzene rings is 8. The minimum Gasteiger partial charge on any atom is -0.365 e. The zero-order valence-corrected chi connectivity index (χ0v) is 37.2. The molecule has 0 aliphatic carbocycles. The standard InChI is InChI=1S/C55H40N3O3P3/c59-62(42-16-6-1-7-17-42,43-18-8-2-9-19-43)47-29-27-41(28-30-47)58-53-33-31-48(63(60,44-20-10-3-11-21-44)45-22-12-4-13-23-45)36-50(53)51-37-49(32-34-54(51)58)64(61,46-24-14-5-15-25-46)55-35-26-40-38-56-39-52(40)57-55/h1-39,56H. The fourth-order valence-electron chi connectivity index (χ4n) is 9.08. The SMILES string of the molecule is O=P(c1ccccc1)(c1ccccc1)c1ccc(-n2c3ccc(P(=O)(c4ccccc4)c4ccccc4)cc3c3cc(P(=O)(c4ccccc4)c4ccc5c[nH]cc5n4)ccc32)cc1. The molecule has 0 fully saturated rings. The number of aromatic amines is 1. The summed E-state index contributed by atoms with van der Waals surface area (Å²) in [6.45, 7) is 0. The van der Waals surface area contributed by atoms with Gasteiger partial charge in [-0.05, 0) is 72.8 Å². The molecule has 308 valence electrons. The Balaban J connectivity index is 1.16. The molecule has 1 atom stereocenters. The molecule has 8 aromatic carbocycles. The summed E-state index contributed by atoms with van der Waals surface area (Å²) in [5.41, 5.74) is 3.84. The van der Waals surface area contributed by atoms with E-state index in [4.69, 9.17) is 4.98 Å². The van der Waals surface area contributed by atoms with Crippen molar-refractivity contribution in [2.24, 2.45) is 0 Å². The third kappa shape index (κ3) is 6.41. The molecular weight excluding hydrogens is 844 g/mol. The van der Waals surface area contributed by atoms with Crippen LogP contribution in [0.4, 0.5) is 0 Å². The monoisotopic (exact) mass is 883 g/mol. The highest BCUT2D eigenvalue weighted by Gasteiger charge is 2.34. The van der Waals surface area contributed by atoms with E-state index in [1.54, 1.807) is 0 Å². The molecule has 0 bridgehead atoms. The lowest BCUT2D eigenvalue weighted by molar-refractivity contribution is 0.591. The normalized spacial score (nSPS) is 13.0. The predicted molar refractivity (Wildman–Crippen MR) is 269 cm³/mol. The molecule has 3 heterocycles. The van der Waals surface area contributed by atoms with E-state index in [2.05, 4.69) is 15.6 Å². The van der Waals surface area contributed by atoms with Crippen LogP contribution < -0.4 is 47.9 Å². The van der Waals surface area contributed by atoms with Crippen molar-refractivity contribution in [2.45, 2.75) is 0 Å². The third-order valence-corrected chi connectivity index (χ3v) is 21.3. The highest BCUT2D eigenvalue weighted by molar-refractivity contribution is 7.86. The molecule has 64 heavy (non-hydrogen) atoms. The first-order chi connectivity index (χ1) is 31.4. The highest BCUT2D eigenvalue weighted by Crippen LogP contribution is 2.47. The van der Waals surface area contributed by atoms with E-state index >= 15 is 13.7 Å². The van der Waals surface area contributed by atoms with E-state index in [1.807, 2.05) is 231 Å². The number of hydrogen-bond donors (Lipinski definition) is 1. The molecule has 0 radical (unpaired) electrons. The molecule has 0 spiro atoms.